The molecule has 0 unspecified atom stereocenters. The first-order valence-corrected chi connectivity index (χ1v) is 11.8. The second kappa shape index (κ2) is 8.90. The third-order valence-corrected chi connectivity index (χ3v) is 6.83. The van der Waals surface area contributed by atoms with Crippen molar-refractivity contribution in [1.29, 1.82) is 0 Å². The highest BCUT2D eigenvalue weighted by atomic mass is 16.2. The number of nitrogens with one attached hydrogen (secondary N) is 1. The summed E-state index contributed by atoms with van der Waals surface area (Å²) in [6, 6.07) is 17.5. The Morgan fingerprint density at radius 2 is 1.69 bits per heavy atom. The van der Waals surface area contributed by atoms with E-state index in [1.807, 2.05) is 29.2 Å². The molecule has 7 heteroatoms. The van der Waals surface area contributed by atoms with Crippen molar-refractivity contribution in [3.05, 3.63) is 54.1 Å². The van der Waals surface area contributed by atoms with E-state index in [1.54, 1.807) is 4.80 Å². The van der Waals surface area contributed by atoms with Crippen LogP contribution in [0.5, 0.6) is 0 Å². The molecule has 2 aliphatic heterocycles. The Kier molecular flexibility index (Phi) is 5.83. The van der Waals surface area contributed by atoms with Crippen LogP contribution in [0.2, 0.25) is 0 Å². The van der Waals surface area contributed by atoms with Crippen LogP contribution in [0, 0.1) is 0 Å². The molecule has 0 saturated carbocycles. The first-order chi connectivity index (χ1) is 15.6. The lowest BCUT2D eigenvalue weighted by Crippen LogP contribution is -2.48. The summed E-state index contributed by atoms with van der Waals surface area (Å²) in [6.07, 6.45) is 3.46. The lowest BCUT2D eigenvalue weighted by Gasteiger charge is -2.36. The predicted molar refractivity (Wildman–Crippen MR) is 126 cm³/mol. The third kappa shape index (κ3) is 4.21. The molecular weight excluding hydrogens is 400 g/mol. The van der Waals surface area contributed by atoms with Crippen molar-refractivity contribution < 1.29 is 4.79 Å². The minimum atomic E-state index is 0.0616. The van der Waals surface area contributed by atoms with Gasteiger partial charge in [-0.3, -0.25) is 9.69 Å². The fourth-order valence-corrected chi connectivity index (χ4v) is 5.42. The molecular formula is C25H32N6O. The molecule has 5 rings (SSSR count). The lowest BCUT2D eigenvalue weighted by molar-refractivity contribution is -0.133. The first kappa shape index (κ1) is 20.9. The summed E-state index contributed by atoms with van der Waals surface area (Å²) in [4.78, 5) is 19.7. The van der Waals surface area contributed by atoms with E-state index in [-0.39, 0.29) is 12.5 Å². The summed E-state index contributed by atoms with van der Waals surface area (Å²) < 4.78 is 0. The maximum Gasteiger partial charge on any atom is 0.246 e. The van der Waals surface area contributed by atoms with Crippen LogP contribution in [-0.4, -0.2) is 61.9 Å². The molecule has 2 aliphatic rings. The van der Waals surface area contributed by atoms with Crippen LogP contribution in [0.3, 0.4) is 0 Å². The summed E-state index contributed by atoms with van der Waals surface area (Å²) >= 11 is 0. The van der Waals surface area contributed by atoms with Crippen molar-refractivity contribution in [1.82, 2.24) is 24.8 Å². The van der Waals surface area contributed by atoms with E-state index in [9.17, 15) is 4.79 Å². The van der Waals surface area contributed by atoms with Gasteiger partial charge in [0.15, 0.2) is 0 Å². The van der Waals surface area contributed by atoms with E-state index in [0.29, 0.717) is 24.7 Å². The number of nitrogens with zero attached hydrogens (tertiary/aromatic N) is 5. The van der Waals surface area contributed by atoms with Crippen molar-refractivity contribution in [3.8, 4) is 0 Å². The Hall–Kier alpha value is -2.93. The molecule has 7 nitrogen and oxygen atoms in total. The van der Waals surface area contributed by atoms with Crippen molar-refractivity contribution in [3.63, 3.8) is 0 Å². The molecule has 1 saturated heterocycles. The molecule has 1 amide bonds. The highest BCUT2D eigenvalue weighted by molar-refractivity contribution is 5.77. The normalized spacial score (nSPS) is 21.9. The molecule has 2 bridgehead atoms. The van der Waals surface area contributed by atoms with Gasteiger partial charge >= 0.3 is 0 Å². The van der Waals surface area contributed by atoms with Crippen LogP contribution in [0.4, 0.5) is 5.69 Å². The Balaban J connectivity index is 1.44. The molecule has 1 aromatic heterocycles. The number of rotatable bonds is 3. The Labute approximate surface area is 189 Å². The Morgan fingerprint density at radius 3 is 2.44 bits per heavy atom. The molecule has 2 atom stereocenters. The predicted octanol–water partition coefficient (Wildman–Crippen LogP) is 3.52. The number of hydrogen-bond donors (Lipinski definition) is 1. The number of carbonyl (C=O) groups excluding carboxylic acids is 1. The zero-order valence-corrected chi connectivity index (χ0v) is 18.9. The van der Waals surface area contributed by atoms with Crippen LogP contribution in [-0.2, 0) is 17.9 Å². The molecule has 1 N–H and O–H groups in total. The number of amides is 1. The fourth-order valence-electron chi connectivity index (χ4n) is 5.42. The van der Waals surface area contributed by atoms with E-state index in [1.165, 1.54) is 6.42 Å². The van der Waals surface area contributed by atoms with Crippen LogP contribution in [0.25, 0.3) is 11.0 Å². The molecule has 3 aromatic rings. The number of anilines is 1. The quantitative estimate of drug-likeness (QED) is 0.686. The third-order valence-electron chi connectivity index (χ3n) is 6.83. The van der Waals surface area contributed by atoms with Gasteiger partial charge in [-0.15, -0.1) is 0 Å². The van der Waals surface area contributed by atoms with E-state index in [0.717, 1.165) is 48.2 Å². The van der Waals surface area contributed by atoms with Crippen molar-refractivity contribution in [2.75, 3.05) is 18.4 Å². The largest absolute Gasteiger partial charge is 0.385 e. The van der Waals surface area contributed by atoms with Crippen molar-refractivity contribution in [2.24, 2.45) is 0 Å². The zero-order chi connectivity index (χ0) is 22.1. The first-order valence-electron chi connectivity index (χ1n) is 11.8. The topological polar surface area (TPSA) is 66.3 Å². The van der Waals surface area contributed by atoms with E-state index >= 15 is 0 Å². The summed E-state index contributed by atoms with van der Waals surface area (Å²) in [7, 11) is 0. The average molecular weight is 433 g/mol. The molecule has 0 aliphatic carbocycles. The van der Waals surface area contributed by atoms with Crippen molar-refractivity contribution in [2.45, 2.75) is 64.3 Å². The van der Waals surface area contributed by atoms with Gasteiger partial charge in [0.1, 0.15) is 17.6 Å². The van der Waals surface area contributed by atoms with Gasteiger partial charge in [-0.1, -0.05) is 30.3 Å². The van der Waals surface area contributed by atoms with Crippen LogP contribution in [0.1, 0.15) is 38.7 Å². The van der Waals surface area contributed by atoms with Crippen molar-refractivity contribution >= 4 is 22.6 Å². The molecule has 0 spiro atoms. The molecule has 168 valence electrons. The van der Waals surface area contributed by atoms with E-state index < -0.39 is 0 Å². The second-order valence-electron chi connectivity index (χ2n) is 9.29. The molecule has 3 heterocycles. The van der Waals surface area contributed by atoms with Gasteiger partial charge in [0.25, 0.3) is 0 Å². The number of benzene rings is 2. The van der Waals surface area contributed by atoms with Crippen LogP contribution < -0.4 is 5.32 Å². The smallest absolute Gasteiger partial charge is 0.246 e. The van der Waals surface area contributed by atoms with E-state index in [4.69, 9.17) is 0 Å². The summed E-state index contributed by atoms with van der Waals surface area (Å²) in [6.45, 7) is 6.99. The summed E-state index contributed by atoms with van der Waals surface area (Å²) in [5.74, 6) is 0.0616. The molecule has 2 aromatic carbocycles. The highest BCUT2D eigenvalue weighted by Gasteiger charge is 2.37. The van der Waals surface area contributed by atoms with E-state index in [2.05, 4.69) is 58.5 Å². The van der Waals surface area contributed by atoms with Gasteiger partial charge in [0.2, 0.25) is 5.91 Å². The Bertz CT molecular complexity index is 1060. The van der Waals surface area contributed by atoms with Crippen LogP contribution >= 0.6 is 0 Å². The molecule has 0 radical (unpaired) electrons. The highest BCUT2D eigenvalue weighted by Crippen LogP contribution is 2.31. The van der Waals surface area contributed by atoms with Gasteiger partial charge in [-0.25, -0.2) is 0 Å². The maximum atomic E-state index is 13.5. The zero-order valence-electron chi connectivity index (χ0n) is 18.9. The summed E-state index contributed by atoms with van der Waals surface area (Å²) in [5.41, 5.74) is 3.92. The minimum absolute atomic E-state index is 0.0616. The van der Waals surface area contributed by atoms with Gasteiger partial charge < -0.3 is 10.2 Å². The SMILES string of the molecule is CC(C)N1[C@H]2CCNc3ccccc3CN(C(=O)Cn3nc4ccccc4n3)C[C@@H]1CC2. The lowest BCUT2D eigenvalue weighted by atomic mass is 10.1. The second-order valence-corrected chi connectivity index (χ2v) is 9.29. The fraction of sp³-hybridized carbons (Fsp3) is 0.480. The standard InChI is InChI=1S/C25H32N6O/c1-18(2)31-20-11-12-21(31)16-29(15-19-7-3-4-8-22(19)26-14-13-20)25(32)17-30-27-23-9-5-6-10-24(23)28-30/h3-10,18,20-21,26H,11-17H2,1-2H3/t20-,21+/m1/s1. The molecule has 1 fully saturated rings. The maximum absolute atomic E-state index is 13.5. The van der Waals surface area contributed by atoms with Gasteiger partial charge in [0, 0.05) is 43.4 Å². The number of hydrogen-bond acceptors (Lipinski definition) is 5. The van der Waals surface area contributed by atoms with Gasteiger partial charge in [-0.05, 0) is 56.9 Å². The van der Waals surface area contributed by atoms with Gasteiger partial charge in [0.05, 0.1) is 0 Å². The monoisotopic (exact) mass is 432 g/mol. The summed E-state index contributed by atoms with van der Waals surface area (Å²) in [5, 5.41) is 12.7. The van der Waals surface area contributed by atoms with Crippen LogP contribution in [0.15, 0.2) is 48.5 Å². The number of aromatic nitrogens is 3. The average Bonchev–Trinajstić information content (AvgIpc) is 3.36. The van der Waals surface area contributed by atoms with Gasteiger partial charge in [-0.2, -0.15) is 15.0 Å². The number of para-hydroxylation sites is 1. The minimum Gasteiger partial charge on any atom is -0.385 e. The molecule has 32 heavy (non-hydrogen) atoms. The number of carbonyl (C=O) groups is 1. The Morgan fingerprint density at radius 1 is 1.00 bits per heavy atom. The number of fused-ring (bicyclic) bond motifs is 4.